The Hall–Kier alpha value is -1.79. The molecule has 0 saturated carbocycles. The maximum Gasteiger partial charge on any atom is 0.220 e. The first-order valence-corrected chi connectivity index (χ1v) is 22.2. The highest BCUT2D eigenvalue weighted by molar-refractivity contribution is 5.76. The maximum absolute atomic E-state index is 13.0. The lowest BCUT2D eigenvalue weighted by molar-refractivity contribution is -0.359. The number of carbonyl (C=O) groups excluding carboxylic acids is 1. The van der Waals surface area contributed by atoms with E-state index in [9.17, 15) is 45.6 Å². The lowest BCUT2D eigenvalue weighted by Crippen LogP contribution is -2.65. The molecule has 0 bridgehead atoms. The monoisotopic (exact) mass is 830 g/mol. The Bertz CT molecular complexity index is 1120. The van der Waals surface area contributed by atoms with E-state index in [1.165, 1.54) is 57.8 Å². The van der Waals surface area contributed by atoms with Gasteiger partial charge in [0, 0.05) is 6.42 Å². The van der Waals surface area contributed by atoms with Crippen molar-refractivity contribution < 1.29 is 64.6 Å². The molecule has 2 saturated heterocycles. The Morgan fingerprint density at radius 3 is 1.74 bits per heavy atom. The molecule has 1 amide bonds. The lowest BCUT2D eigenvalue weighted by atomic mass is 9.97. The summed E-state index contributed by atoms with van der Waals surface area (Å²) in [5, 5.41) is 86.3. The van der Waals surface area contributed by atoms with Gasteiger partial charge in [-0.3, -0.25) is 4.79 Å². The van der Waals surface area contributed by atoms with Crippen molar-refractivity contribution in [2.45, 2.75) is 216 Å². The molecule has 12 atom stereocenters. The SMILES string of the molecule is CCCC/C=C\CCCCCCCC(=O)NC(COC1OC(CO)C(OC2OC(CO)C(O)C(O)C2O)C(O)C1O)C(O)/C=C/CC/C=C/CCCCCCCCC. The van der Waals surface area contributed by atoms with Crippen molar-refractivity contribution in [2.24, 2.45) is 0 Å². The van der Waals surface area contributed by atoms with Crippen LogP contribution in [0.1, 0.15) is 142 Å². The first-order chi connectivity index (χ1) is 28.1. The highest BCUT2D eigenvalue weighted by Gasteiger charge is 2.50. The summed E-state index contributed by atoms with van der Waals surface area (Å²) < 4.78 is 22.6. The molecule has 0 aromatic heterocycles. The Kier molecular flexibility index (Phi) is 28.9. The fourth-order valence-electron chi connectivity index (χ4n) is 7.05. The molecule has 2 rings (SSSR count). The minimum atomic E-state index is -1.79. The van der Waals surface area contributed by atoms with E-state index >= 15 is 0 Å². The molecule has 58 heavy (non-hydrogen) atoms. The molecular weight excluding hydrogens is 750 g/mol. The van der Waals surface area contributed by atoms with Gasteiger partial charge in [-0.1, -0.05) is 121 Å². The Morgan fingerprint density at radius 1 is 0.603 bits per heavy atom. The van der Waals surface area contributed by atoms with Crippen molar-refractivity contribution in [3.05, 3.63) is 36.5 Å². The highest BCUT2D eigenvalue weighted by atomic mass is 16.7. The number of ether oxygens (including phenoxy) is 4. The van der Waals surface area contributed by atoms with Crippen LogP contribution in [0.5, 0.6) is 0 Å². The fraction of sp³-hybridized carbons (Fsp3) is 0.841. The summed E-state index contributed by atoms with van der Waals surface area (Å²) in [6.45, 7) is 2.67. The maximum atomic E-state index is 13.0. The van der Waals surface area contributed by atoms with Crippen molar-refractivity contribution in [3.8, 4) is 0 Å². The predicted molar refractivity (Wildman–Crippen MR) is 221 cm³/mol. The first-order valence-electron chi connectivity index (χ1n) is 22.2. The van der Waals surface area contributed by atoms with Crippen LogP contribution in [0.4, 0.5) is 0 Å². The fourth-order valence-corrected chi connectivity index (χ4v) is 7.05. The van der Waals surface area contributed by atoms with Gasteiger partial charge in [-0.15, -0.1) is 0 Å². The number of nitrogens with one attached hydrogen (secondary N) is 1. The van der Waals surface area contributed by atoms with Crippen LogP contribution in [-0.2, 0) is 23.7 Å². The van der Waals surface area contributed by atoms with Crippen molar-refractivity contribution in [1.82, 2.24) is 5.32 Å². The minimum absolute atomic E-state index is 0.262. The number of hydrogen-bond acceptors (Lipinski definition) is 13. The molecule has 2 heterocycles. The van der Waals surface area contributed by atoms with Crippen LogP contribution < -0.4 is 5.32 Å². The summed E-state index contributed by atoms with van der Waals surface area (Å²) in [5.74, 6) is -0.264. The summed E-state index contributed by atoms with van der Waals surface area (Å²) in [6.07, 6.45) is 16.3. The first kappa shape index (κ1) is 52.3. The quantitative estimate of drug-likeness (QED) is 0.0346. The molecule has 2 aliphatic heterocycles. The van der Waals surface area contributed by atoms with Crippen LogP contribution in [0.25, 0.3) is 0 Å². The predicted octanol–water partition coefficient (Wildman–Crippen LogP) is 3.98. The van der Waals surface area contributed by atoms with Gasteiger partial charge in [-0.2, -0.15) is 0 Å². The smallest absolute Gasteiger partial charge is 0.220 e. The Morgan fingerprint density at radius 2 is 1.12 bits per heavy atom. The number of aliphatic hydroxyl groups excluding tert-OH is 8. The molecule has 14 nitrogen and oxygen atoms in total. The van der Waals surface area contributed by atoms with Crippen LogP contribution in [0.2, 0.25) is 0 Å². The molecule has 0 spiro atoms. The number of allylic oxidation sites excluding steroid dienone is 5. The third-order valence-electron chi connectivity index (χ3n) is 10.8. The zero-order chi connectivity index (χ0) is 42.5. The van der Waals surface area contributed by atoms with Crippen molar-refractivity contribution >= 4 is 5.91 Å². The van der Waals surface area contributed by atoms with Gasteiger partial charge in [0.15, 0.2) is 12.6 Å². The summed E-state index contributed by atoms with van der Waals surface area (Å²) >= 11 is 0. The van der Waals surface area contributed by atoms with Gasteiger partial charge < -0.3 is 65.1 Å². The number of hydrogen-bond donors (Lipinski definition) is 9. The van der Waals surface area contributed by atoms with Crippen molar-refractivity contribution in [2.75, 3.05) is 19.8 Å². The zero-order valence-corrected chi connectivity index (χ0v) is 35.3. The largest absolute Gasteiger partial charge is 0.394 e. The molecule has 0 radical (unpaired) electrons. The van der Waals surface area contributed by atoms with Gasteiger partial charge >= 0.3 is 0 Å². The normalized spacial score (nSPS) is 29.1. The molecule has 0 aromatic rings. The third-order valence-corrected chi connectivity index (χ3v) is 10.8. The molecule has 338 valence electrons. The second kappa shape index (κ2) is 32.0. The third kappa shape index (κ3) is 20.2. The van der Waals surface area contributed by atoms with Crippen LogP contribution in [0, 0.1) is 0 Å². The molecule has 0 aromatic carbocycles. The van der Waals surface area contributed by atoms with Gasteiger partial charge in [0.2, 0.25) is 5.91 Å². The van der Waals surface area contributed by atoms with Crippen molar-refractivity contribution in [3.63, 3.8) is 0 Å². The van der Waals surface area contributed by atoms with Crippen LogP contribution in [-0.4, -0.2) is 140 Å². The number of rotatable bonds is 32. The second-order valence-electron chi connectivity index (χ2n) is 15.8. The Balaban J connectivity index is 1.94. The van der Waals surface area contributed by atoms with Gasteiger partial charge in [0.25, 0.3) is 0 Å². The molecule has 2 fully saturated rings. The molecule has 14 heteroatoms. The number of amides is 1. The minimum Gasteiger partial charge on any atom is -0.394 e. The summed E-state index contributed by atoms with van der Waals surface area (Å²) in [7, 11) is 0. The topological polar surface area (TPSA) is 228 Å². The van der Waals surface area contributed by atoms with E-state index in [4.69, 9.17) is 18.9 Å². The molecule has 0 aliphatic carbocycles. The lowest BCUT2D eigenvalue weighted by Gasteiger charge is -2.46. The van der Waals surface area contributed by atoms with Crippen LogP contribution >= 0.6 is 0 Å². The average molecular weight is 830 g/mol. The molecule has 9 N–H and O–H groups in total. The zero-order valence-electron chi connectivity index (χ0n) is 35.3. The van der Waals surface area contributed by atoms with E-state index in [1.807, 2.05) is 6.08 Å². The number of carbonyl (C=O) groups is 1. The van der Waals surface area contributed by atoms with E-state index in [0.717, 1.165) is 51.4 Å². The summed E-state index contributed by atoms with van der Waals surface area (Å²) in [4.78, 5) is 13.0. The van der Waals surface area contributed by atoms with E-state index in [0.29, 0.717) is 12.8 Å². The second-order valence-corrected chi connectivity index (χ2v) is 15.8. The highest BCUT2D eigenvalue weighted by Crippen LogP contribution is 2.30. The van der Waals surface area contributed by atoms with Gasteiger partial charge in [-0.05, 0) is 51.4 Å². The van der Waals surface area contributed by atoms with Gasteiger partial charge in [0.05, 0.1) is 32.0 Å². The Labute approximate surface area is 347 Å². The van der Waals surface area contributed by atoms with Crippen LogP contribution in [0.3, 0.4) is 0 Å². The van der Waals surface area contributed by atoms with Crippen LogP contribution in [0.15, 0.2) is 36.5 Å². The van der Waals surface area contributed by atoms with E-state index < -0.39 is 86.8 Å². The van der Waals surface area contributed by atoms with Gasteiger partial charge in [-0.25, -0.2) is 0 Å². The number of unbranched alkanes of at least 4 members (excludes halogenated alkanes) is 15. The number of aliphatic hydroxyl groups is 8. The van der Waals surface area contributed by atoms with Gasteiger partial charge in [0.1, 0.15) is 48.8 Å². The van der Waals surface area contributed by atoms with E-state index in [-0.39, 0.29) is 18.9 Å². The summed E-state index contributed by atoms with van der Waals surface area (Å²) in [5.41, 5.74) is 0. The molecular formula is C44H79NO13. The molecule has 12 unspecified atom stereocenters. The summed E-state index contributed by atoms with van der Waals surface area (Å²) in [6, 6.07) is -0.931. The van der Waals surface area contributed by atoms with E-state index in [2.05, 4.69) is 43.5 Å². The standard InChI is InChI=1S/C44H79NO13/c1-3-5-7-9-11-13-15-16-18-19-21-23-25-27-33(48)32(45-36(49)28-26-24-22-20-17-14-12-10-8-6-4-2)31-55-43-41(54)39(52)42(35(30-47)57-43)58-44-40(53)38(51)37(50)34(29-46)56-44/h10,12,18-19,25,27,32-35,37-44,46-48,50-54H,3-9,11,13-17,20-24,26,28-31H2,1-2H3,(H,45,49)/b12-10-,19-18+,27-25+. The molecule has 2 aliphatic rings. The van der Waals surface area contributed by atoms with Crippen molar-refractivity contribution in [1.29, 1.82) is 0 Å². The van der Waals surface area contributed by atoms with E-state index in [1.54, 1.807) is 6.08 Å². The average Bonchev–Trinajstić information content (AvgIpc) is 3.22.